The Morgan fingerprint density at radius 1 is 1.56 bits per heavy atom. The Morgan fingerprint density at radius 2 is 2.31 bits per heavy atom. The van der Waals surface area contributed by atoms with Crippen molar-refractivity contribution in [3.05, 3.63) is 0 Å². The van der Waals surface area contributed by atoms with Gasteiger partial charge in [0, 0.05) is 11.8 Å². The minimum Gasteiger partial charge on any atom is -0.458 e. The largest absolute Gasteiger partial charge is 0.458 e. The van der Waals surface area contributed by atoms with E-state index in [4.69, 9.17) is 14.6 Å². The van der Waals surface area contributed by atoms with Crippen molar-refractivity contribution in [1.29, 1.82) is 0 Å². The fourth-order valence-corrected chi connectivity index (χ4v) is 3.30. The molecule has 1 aliphatic heterocycles. The molecule has 88 valence electrons. The maximum Gasteiger partial charge on any atom is 0.335 e. The molecule has 3 aliphatic rings. The second-order valence-corrected chi connectivity index (χ2v) is 4.98. The number of aliphatic hydroxyl groups excluding tert-OH is 1. The lowest BCUT2D eigenvalue weighted by molar-refractivity contribution is -0.168. The lowest BCUT2D eigenvalue weighted by atomic mass is 9.88. The first kappa shape index (κ1) is 10.1. The minimum atomic E-state index is -1.12. The van der Waals surface area contributed by atoms with Gasteiger partial charge in [0.25, 0.3) is 0 Å². The third-order valence-electron chi connectivity index (χ3n) is 4.01. The highest BCUT2D eigenvalue weighted by atomic mass is 16.6. The van der Waals surface area contributed by atoms with E-state index in [9.17, 15) is 9.59 Å². The number of ether oxygens (including phenoxy) is 2. The van der Waals surface area contributed by atoms with Gasteiger partial charge in [0.2, 0.25) is 0 Å². The minimum absolute atomic E-state index is 0.0245. The second-order valence-electron chi connectivity index (χ2n) is 4.98. The molecule has 3 rings (SSSR count). The molecule has 1 heterocycles. The Balaban J connectivity index is 1.75. The van der Waals surface area contributed by atoms with E-state index in [1.54, 1.807) is 0 Å². The van der Waals surface area contributed by atoms with Gasteiger partial charge < -0.3 is 14.6 Å². The number of hydrogen-bond donors (Lipinski definition) is 1. The average Bonchev–Trinajstić information content (AvgIpc) is 2.81. The molecule has 0 spiro atoms. The number of fused-ring (bicyclic) bond motifs is 1. The number of hydrogen-bond acceptors (Lipinski definition) is 5. The van der Waals surface area contributed by atoms with Crippen LogP contribution in [0.25, 0.3) is 0 Å². The maximum atomic E-state index is 11.4. The van der Waals surface area contributed by atoms with Crippen molar-refractivity contribution in [3.63, 3.8) is 0 Å². The summed E-state index contributed by atoms with van der Waals surface area (Å²) < 4.78 is 10.5. The van der Waals surface area contributed by atoms with E-state index in [-0.39, 0.29) is 35.9 Å². The van der Waals surface area contributed by atoms with Crippen LogP contribution in [-0.2, 0) is 19.1 Å². The van der Waals surface area contributed by atoms with Crippen LogP contribution in [0.2, 0.25) is 0 Å². The first-order valence-electron chi connectivity index (χ1n) is 5.67. The first-order chi connectivity index (χ1) is 7.58. The number of aliphatic hydroxyl groups is 1. The normalized spacial score (nSPS) is 45.6. The molecular weight excluding hydrogens is 212 g/mol. The molecule has 3 fully saturated rings. The van der Waals surface area contributed by atoms with Crippen molar-refractivity contribution >= 4 is 11.9 Å². The van der Waals surface area contributed by atoms with Crippen molar-refractivity contribution in [2.24, 2.45) is 17.8 Å². The van der Waals surface area contributed by atoms with Crippen LogP contribution in [0, 0.1) is 17.8 Å². The van der Waals surface area contributed by atoms with Crippen molar-refractivity contribution < 1.29 is 24.2 Å². The summed E-state index contributed by atoms with van der Waals surface area (Å²) in [5, 5.41) is 9.09. The molecule has 2 aliphatic carbocycles. The molecule has 1 N–H and O–H groups in total. The molecule has 5 nitrogen and oxygen atoms in total. The summed E-state index contributed by atoms with van der Waals surface area (Å²) in [6.07, 6.45) is -0.0582. The van der Waals surface area contributed by atoms with Gasteiger partial charge in [-0.15, -0.1) is 0 Å². The summed E-state index contributed by atoms with van der Waals surface area (Å²) in [5.41, 5.74) is 0. The molecule has 2 bridgehead atoms. The lowest BCUT2D eigenvalue weighted by Crippen LogP contribution is -2.38. The molecule has 0 aromatic carbocycles. The molecule has 16 heavy (non-hydrogen) atoms. The Labute approximate surface area is 92.7 Å². The fourth-order valence-electron chi connectivity index (χ4n) is 3.30. The van der Waals surface area contributed by atoms with Gasteiger partial charge in [0.1, 0.15) is 18.3 Å². The van der Waals surface area contributed by atoms with E-state index in [1.807, 2.05) is 0 Å². The Bertz CT molecular complexity index is 350. The van der Waals surface area contributed by atoms with Crippen molar-refractivity contribution in [2.75, 3.05) is 0 Å². The molecule has 5 heteroatoms. The summed E-state index contributed by atoms with van der Waals surface area (Å²) in [6.45, 7) is 1.37. The monoisotopic (exact) mass is 226 g/mol. The number of rotatable bonds is 2. The molecule has 6 unspecified atom stereocenters. The summed E-state index contributed by atoms with van der Waals surface area (Å²) in [7, 11) is 0. The molecular formula is C11H14O5. The van der Waals surface area contributed by atoms with Gasteiger partial charge in [-0.2, -0.15) is 0 Å². The van der Waals surface area contributed by atoms with Crippen LogP contribution >= 0.6 is 0 Å². The Morgan fingerprint density at radius 3 is 3.00 bits per heavy atom. The van der Waals surface area contributed by atoms with Gasteiger partial charge in [0.15, 0.2) is 0 Å². The standard InChI is InChI=1S/C11H14O5/c1-4(12)10(13)15-8-5-2-6-7(3-5)11(14)16-9(6)8/h4-9,12H,2-3H2,1H3. The van der Waals surface area contributed by atoms with E-state index >= 15 is 0 Å². The van der Waals surface area contributed by atoms with Gasteiger partial charge in [0.05, 0.1) is 5.92 Å². The average molecular weight is 226 g/mol. The second kappa shape index (κ2) is 3.20. The molecule has 0 aromatic rings. The first-order valence-corrected chi connectivity index (χ1v) is 5.67. The summed E-state index contributed by atoms with van der Waals surface area (Å²) in [6, 6.07) is 0. The van der Waals surface area contributed by atoms with E-state index < -0.39 is 12.1 Å². The molecule has 6 atom stereocenters. The third kappa shape index (κ3) is 1.21. The summed E-state index contributed by atoms with van der Waals surface area (Å²) in [5.74, 6) is -0.292. The molecule has 0 amide bonds. The number of carbonyl (C=O) groups excluding carboxylic acids is 2. The number of carbonyl (C=O) groups is 2. The van der Waals surface area contributed by atoms with Gasteiger partial charge >= 0.3 is 11.9 Å². The van der Waals surface area contributed by atoms with E-state index in [0.717, 1.165) is 12.8 Å². The van der Waals surface area contributed by atoms with Gasteiger partial charge in [-0.05, 0) is 19.8 Å². The zero-order chi connectivity index (χ0) is 11.4. The summed E-state index contributed by atoms with van der Waals surface area (Å²) in [4.78, 5) is 22.8. The predicted molar refractivity (Wildman–Crippen MR) is 51.1 cm³/mol. The van der Waals surface area contributed by atoms with E-state index in [0.29, 0.717) is 0 Å². The van der Waals surface area contributed by atoms with Crippen LogP contribution < -0.4 is 0 Å². The highest BCUT2D eigenvalue weighted by Crippen LogP contribution is 2.55. The molecule has 0 aromatic heterocycles. The van der Waals surface area contributed by atoms with Crippen LogP contribution in [0.5, 0.6) is 0 Å². The summed E-state index contributed by atoms with van der Waals surface area (Å²) >= 11 is 0. The van der Waals surface area contributed by atoms with Crippen molar-refractivity contribution in [1.82, 2.24) is 0 Å². The zero-order valence-corrected chi connectivity index (χ0v) is 8.96. The third-order valence-corrected chi connectivity index (χ3v) is 4.01. The van der Waals surface area contributed by atoms with Crippen molar-refractivity contribution in [3.8, 4) is 0 Å². The Kier molecular flexibility index (Phi) is 2.01. The lowest BCUT2D eigenvalue weighted by Gasteiger charge is -2.25. The van der Waals surface area contributed by atoms with E-state index in [1.165, 1.54) is 6.92 Å². The Hall–Kier alpha value is -1.10. The van der Waals surface area contributed by atoms with Crippen LogP contribution in [-0.4, -0.2) is 35.4 Å². The maximum absolute atomic E-state index is 11.4. The highest BCUT2D eigenvalue weighted by molar-refractivity contribution is 5.77. The van der Waals surface area contributed by atoms with Gasteiger partial charge in [-0.3, -0.25) is 4.79 Å². The molecule has 0 radical (unpaired) electrons. The molecule has 2 saturated carbocycles. The van der Waals surface area contributed by atoms with Gasteiger partial charge in [-0.1, -0.05) is 0 Å². The zero-order valence-electron chi connectivity index (χ0n) is 8.96. The molecule has 1 saturated heterocycles. The van der Waals surface area contributed by atoms with E-state index in [2.05, 4.69) is 0 Å². The van der Waals surface area contributed by atoms with Crippen LogP contribution in [0.1, 0.15) is 19.8 Å². The smallest absolute Gasteiger partial charge is 0.335 e. The van der Waals surface area contributed by atoms with Crippen LogP contribution in [0.4, 0.5) is 0 Å². The number of esters is 2. The van der Waals surface area contributed by atoms with Crippen LogP contribution in [0.15, 0.2) is 0 Å². The highest BCUT2D eigenvalue weighted by Gasteiger charge is 2.63. The quantitative estimate of drug-likeness (QED) is 0.663. The van der Waals surface area contributed by atoms with Crippen molar-refractivity contribution in [2.45, 2.75) is 38.1 Å². The SMILES string of the molecule is CC(O)C(=O)OC1C2CC3C(=O)OC1C3C2. The van der Waals surface area contributed by atoms with Gasteiger partial charge in [-0.25, -0.2) is 4.79 Å². The topological polar surface area (TPSA) is 72.8 Å². The predicted octanol–water partition coefficient (Wildman–Crippen LogP) is -0.140. The van der Waals surface area contributed by atoms with Crippen LogP contribution in [0.3, 0.4) is 0 Å². The fraction of sp³-hybridized carbons (Fsp3) is 0.818.